The van der Waals surface area contributed by atoms with Gasteiger partial charge in [-0.3, -0.25) is 4.79 Å². The summed E-state index contributed by atoms with van der Waals surface area (Å²) in [5, 5.41) is 2.85. The van der Waals surface area contributed by atoms with E-state index in [4.69, 9.17) is 9.47 Å². The molecule has 2 N–H and O–H groups in total. The number of carbonyl (C=O) groups excluding carboxylic acids is 1. The van der Waals surface area contributed by atoms with Crippen molar-refractivity contribution in [2.24, 2.45) is 0 Å². The molecule has 0 bridgehead atoms. The summed E-state index contributed by atoms with van der Waals surface area (Å²) < 4.78 is 38.0. The van der Waals surface area contributed by atoms with Gasteiger partial charge in [-0.15, -0.1) is 0 Å². The average molecular weight is 390 g/mol. The summed E-state index contributed by atoms with van der Waals surface area (Å²) in [6.45, 7) is 2.70. The van der Waals surface area contributed by atoms with E-state index in [0.717, 1.165) is 5.56 Å². The van der Waals surface area contributed by atoms with Gasteiger partial charge in [0.2, 0.25) is 15.9 Å². The minimum absolute atomic E-state index is 0.00409. The largest absolute Gasteiger partial charge is 0.486 e. The summed E-state index contributed by atoms with van der Waals surface area (Å²) in [6, 6.07) is 13.9. The Labute approximate surface area is 158 Å². The maximum absolute atomic E-state index is 12.4. The maximum Gasteiger partial charge on any atom is 0.240 e. The number of nitrogens with one attached hydrogen (secondary N) is 2. The van der Waals surface area contributed by atoms with Crippen LogP contribution in [0.15, 0.2) is 53.4 Å². The Morgan fingerprint density at radius 1 is 1.07 bits per heavy atom. The molecule has 1 aliphatic heterocycles. The number of rotatable bonds is 7. The number of fused-ring (bicyclic) bond motifs is 1. The normalized spacial score (nSPS) is 14.4. The number of hydrogen-bond donors (Lipinski definition) is 2. The summed E-state index contributed by atoms with van der Waals surface area (Å²) in [6.07, 6.45) is 0.0426. The van der Waals surface area contributed by atoms with Crippen LogP contribution in [0, 0.1) is 0 Å². The summed E-state index contributed by atoms with van der Waals surface area (Å²) in [4.78, 5) is 12.1. The van der Waals surface area contributed by atoms with Crippen molar-refractivity contribution in [1.29, 1.82) is 0 Å². The van der Waals surface area contributed by atoms with Crippen molar-refractivity contribution < 1.29 is 22.7 Å². The predicted octanol–water partition coefficient (Wildman–Crippen LogP) is 2.00. The zero-order chi connectivity index (χ0) is 19.3. The Hall–Kier alpha value is -2.58. The molecule has 0 radical (unpaired) electrons. The van der Waals surface area contributed by atoms with Crippen LogP contribution in [0.5, 0.6) is 11.5 Å². The number of benzene rings is 2. The van der Waals surface area contributed by atoms with Crippen molar-refractivity contribution in [1.82, 2.24) is 10.0 Å². The molecule has 2 aromatic rings. The molecule has 0 aromatic heterocycles. The summed E-state index contributed by atoms with van der Waals surface area (Å²) in [5.41, 5.74) is 0.989. The number of carbonyl (C=O) groups is 1. The van der Waals surface area contributed by atoms with Crippen LogP contribution < -0.4 is 19.5 Å². The lowest BCUT2D eigenvalue weighted by Gasteiger charge is -2.19. The first-order chi connectivity index (χ1) is 13.0. The monoisotopic (exact) mass is 390 g/mol. The molecule has 1 amide bonds. The standard InChI is InChI=1S/C19H22N2O5S/c1-14(15-5-3-2-4-6-15)21-19(22)9-10-20-27(23,24)16-7-8-17-18(13-16)26-12-11-25-17/h2-8,13-14,20H,9-12H2,1H3,(H,21,22)/t14-/m1/s1. The number of ether oxygens (including phenoxy) is 2. The predicted molar refractivity (Wildman–Crippen MR) is 100 cm³/mol. The highest BCUT2D eigenvalue weighted by Crippen LogP contribution is 2.32. The molecule has 0 aliphatic carbocycles. The molecule has 0 unspecified atom stereocenters. The van der Waals surface area contributed by atoms with Gasteiger partial charge in [-0.1, -0.05) is 30.3 Å². The molecule has 27 heavy (non-hydrogen) atoms. The van der Waals surface area contributed by atoms with E-state index in [9.17, 15) is 13.2 Å². The highest BCUT2D eigenvalue weighted by molar-refractivity contribution is 7.89. The van der Waals surface area contributed by atoms with Crippen LogP contribution in [0.3, 0.4) is 0 Å². The summed E-state index contributed by atoms with van der Waals surface area (Å²) in [5.74, 6) is 0.698. The van der Waals surface area contributed by atoms with Gasteiger partial charge in [0.1, 0.15) is 13.2 Å². The van der Waals surface area contributed by atoms with E-state index in [2.05, 4.69) is 10.0 Å². The first-order valence-corrected chi connectivity index (χ1v) is 10.2. The van der Waals surface area contributed by atoms with E-state index in [1.165, 1.54) is 12.1 Å². The van der Waals surface area contributed by atoms with Gasteiger partial charge in [0, 0.05) is 19.0 Å². The zero-order valence-electron chi connectivity index (χ0n) is 15.0. The number of hydrogen-bond acceptors (Lipinski definition) is 5. The highest BCUT2D eigenvalue weighted by Gasteiger charge is 2.19. The van der Waals surface area contributed by atoms with Gasteiger partial charge in [0.25, 0.3) is 0 Å². The molecule has 0 saturated carbocycles. The molecule has 7 nitrogen and oxygen atoms in total. The fraction of sp³-hybridized carbons (Fsp3) is 0.316. The van der Waals surface area contributed by atoms with Gasteiger partial charge in [0.15, 0.2) is 11.5 Å². The van der Waals surface area contributed by atoms with Crippen molar-refractivity contribution >= 4 is 15.9 Å². The molecular formula is C19H22N2O5S. The third kappa shape index (κ3) is 4.99. The SMILES string of the molecule is C[C@@H](NC(=O)CCNS(=O)(=O)c1ccc2c(c1)OCCO2)c1ccccc1. The maximum atomic E-state index is 12.4. The molecule has 1 atom stereocenters. The fourth-order valence-electron chi connectivity index (χ4n) is 2.71. The first-order valence-electron chi connectivity index (χ1n) is 8.69. The Morgan fingerprint density at radius 2 is 1.78 bits per heavy atom. The molecule has 0 fully saturated rings. The Kier molecular flexibility index (Phi) is 5.98. The molecular weight excluding hydrogens is 368 g/mol. The number of amides is 1. The van der Waals surface area contributed by atoms with Crippen LogP contribution in [0.1, 0.15) is 24.9 Å². The van der Waals surface area contributed by atoms with E-state index in [0.29, 0.717) is 24.7 Å². The third-order valence-electron chi connectivity index (χ3n) is 4.15. The van der Waals surface area contributed by atoms with Gasteiger partial charge in [0.05, 0.1) is 10.9 Å². The molecule has 0 saturated heterocycles. The average Bonchev–Trinajstić information content (AvgIpc) is 2.68. The lowest BCUT2D eigenvalue weighted by molar-refractivity contribution is -0.121. The van der Waals surface area contributed by atoms with E-state index in [1.807, 2.05) is 37.3 Å². The van der Waals surface area contributed by atoms with E-state index in [-0.39, 0.29) is 29.8 Å². The number of sulfonamides is 1. The van der Waals surface area contributed by atoms with Crippen LogP contribution in [0.25, 0.3) is 0 Å². The lowest BCUT2D eigenvalue weighted by atomic mass is 10.1. The smallest absolute Gasteiger partial charge is 0.240 e. The van der Waals surface area contributed by atoms with Gasteiger partial charge in [-0.25, -0.2) is 13.1 Å². The second kappa shape index (κ2) is 8.41. The summed E-state index contributed by atoms with van der Waals surface area (Å²) in [7, 11) is -3.74. The van der Waals surface area contributed by atoms with Crippen molar-refractivity contribution in [3.8, 4) is 11.5 Å². The second-order valence-corrected chi connectivity index (χ2v) is 7.92. The molecule has 2 aromatic carbocycles. The molecule has 144 valence electrons. The minimum atomic E-state index is -3.74. The van der Waals surface area contributed by atoms with Gasteiger partial charge in [-0.2, -0.15) is 0 Å². The lowest BCUT2D eigenvalue weighted by Crippen LogP contribution is -2.32. The molecule has 1 heterocycles. The van der Waals surface area contributed by atoms with Crippen molar-refractivity contribution in [2.75, 3.05) is 19.8 Å². The van der Waals surface area contributed by atoms with Crippen LogP contribution >= 0.6 is 0 Å². The molecule has 3 rings (SSSR count). The van der Waals surface area contributed by atoms with Crippen molar-refractivity contribution in [2.45, 2.75) is 24.3 Å². The van der Waals surface area contributed by atoms with E-state index in [1.54, 1.807) is 6.07 Å². The molecule has 0 spiro atoms. The van der Waals surface area contributed by atoms with Crippen LogP contribution in [-0.2, 0) is 14.8 Å². The fourth-order valence-corrected chi connectivity index (χ4v) is 3.76. The minimum Gasteiger partial charge on any atom is -0.486 e. The van der Waals surface area contributed by atoms with Gasteiger partial charge in [-0.05, 0) is 24.6 Å². The van der Waals surface area contributed by atoms with Gasteiger partial charge >= 0.3 is 0 Å². The highest BCUT2D eigenvalue weighted by atomic mass is 32.2. The quantitative estimate of drug-likeness (QED) is 0.754. The molecule has 1 aliphatic rings. The Bertz CT molecular complexity index is 900. The summed E-state index contributed by atoms with van der Waals surface area (Å²) >= 11 is 0. The van der Waals surface area contributed by atoms with Crippen LogP contribution in [-0.4, -0.2) is 34.1 Å². The molecule has 8 heteroatoms. The Balaban J connectivity index is 1.52. The van der Waals surface area contributed by atoms with Crippen LogP contribution in [0.2, 0.25) is 0 Å². The third-order valence-corrected chi connectivity index (χ3v) is 5.60. The Morgan fingerprint density at radius 3 is 2.52 bits per heavy atom. The first kappa shape index (κ1) is 19.2. The van der Waals surface area contributed by atoms with Crippen molar-refractivity contribution in [3.63, 3.8) is 0 Å². The van der Waals surface area contributed by atoms with Gasteiger partial charge < -0.3 is 14.8 Å². The van der Waals surface area contributed by atoms with E-state index >= 15 is 0 Å². The van der Waals surface area contributed by atoms with Crippen molar-refractivity contribution in [3.05, 3.63) is 54.1 Å². The zero-order valence-corrected chi connectivity index (χ0v) is 15.8. The topological polar surface area (TPSA) is 93.7 Å². The second-order valence-electron chi connectivity index (χ2n) is 6.15. The van der Waals surface area contributed by atoms with Crippen LogP contribution in [0.4, 0.5) is 0 Å². The van der Waals surface area contributed by atoms with E-state index < -0.39 is 10.0 Å².